The molecule has 11 heteroatoms. The quantitative estimate of drug-likeness (QED) is 0.154. The number of benzene rings is 3. The molecule has 1 amide bonds. The molecule has 2 N–H and O–H groups in total. The van der Waals surface area contributed by atoms with Crippen LogP contribution in [0.25, 0.3) is 40.0 Å². The number of rotatable bonds is 5. The van der Waals surface area contributed by atoms with Gasteiger partial charge in [-0.2, -0.15) is 0 Å². The first kappa shape index (κ1) is 26.3. The number of thiocarbonyl (C=S) groups is 1. The van der Waals surface area contributed by atoms with Crippen molar-refractivity contribution < 1.29 is 13.6 Å². The number of anilines is 1. The summed E-state index contributed by atoms with van der Waals surface area (Å²) in [4.78, 5) is 16.9. The van der Waals surface area contributed by atoms with Crippen molar-refractivity contribution >= 4 is 92.5 Å². The minimum Gasteiger partial charge on any atom is -0.457 e. The molecule has 0 saturated carbocycles. The van der Waals surface area contributed by atoms with Crippen molar-refractivity contribution in [2.45, 2.75) is 0 Å². The van der Waals surface area contributed by atoms with E-state index in [9.17, 15) is 4.79 Å². The zero-order valence-electron chi connectivity index (χ0n) is 19.1. The number of oxazole rings is 1. The average Bonchev–Trinajstić information content (AvgIpc) is 3.50. The van der Waals surface area contributed by atoms with Crippen LogP contribution in [0.15, 0.2) is 81.6 Å². The van der Waals surface area contributed by atoms with E-state index in [1.54, 1.807) is 66.7 Å². The number of aromatic nitrogens is 1. The van der Waals surface area contributed by atoms with Crippen molar-refractivity contribution in [3.63, 3.8) is 0 Å². The minimum absolute atomic E-state index is 0.106. The lowest BCUT2D eigenvalue weighted by Crippen LogP contribution is -2.32. The van der Waals surface area contributed by atoms with E-state index in [1.807, 2.05) is 0 Å². The van der Waals surface area contributed by atoms with Gasteiger partial charge in [0.1, 0.15) is 17.0 Å². The Balaban J connectivity index is 1.22. The highest BCUT2D eigenvalue weighted by atomic mass is 35.5. The topological polar surface area (TPSA) is 80.3 Å². The largest absolute Gasteiger partial charge is 0.457 e. The van der Waals surface area contributed by atoms with Gasteiger partial charge in [0.25, 0.3) is 0 Å². The van der Waals surface area contributed by atoms with Gasteiger partial charge in [0.05, 0.1) is 10.6 Å². The zero-order valence-corrected chi connectivity index (χ0v) is 22.9. The molecule has 0 saturated heterocycles. The van der Waals surface area contributed by atoms with E-state index in [-0.39, 0.29) is 5.11 Å². The number of carbonyl (C=O) groups excluding carboxylic acids is 1. The van der Waals surface area contributed by atoms with E-state index in [2.05, 4.69) is 15.6 Å². The highest BCUT2D eigenvalue weighted by molar-refractivity contribution is 7.80. The van der Waals surface area contributed by atoms with Crippen molar-refractivity contribution in [2.24, 2.45) is 0 Å². The Bertz CT molecular complexity index is 1710. The third-order valence-electron chi connectivity index (χ3n) is 5.21. The van der Waals surface area contributed by atoms with Crippen molar-refractivity contribution in [3.8, 4) is 22.8 Å². The number of carbonyl (C=O) groups is 1. The van der Waals surface area contributed by atoms with Gasteiger partial charge in [0, 0.05) is 32.4 Å². The summed E-state index contributed by atoms with van der Waals surface area (Å²) >= 11 is 29.7. The zero-order chi connectivity index (χ0) is 26.8. The SMILES string of the molecule is O=C(/C=C/c1ccc(-c2cc(Cl)cc(Cl)c2)o1)NC(=S)Nc1ccc2oc(-c3cc(Cl)ccc3Cl)nc2c1. The average molecular weight is 603 g/mol. The molecule has 0 atom stereocenters. The first-order chi connectivity index (χ1) is 18.2. The lowest BCUT2D eigenvalue weighted by atomic mass is 10.2. The molecule has 38 heavy (non-hydrogen) atoms. The number of hydrogen-bond donors (Lipinski definition) is 2. The van der Waals surface area contributed by atoms with E-state index in [0.717, 1.165) is 5.56 Å². The lowest BCUT2D eigenvalue weighted by Gasteiger charge is -2.07. The van der Waals surface area contributed by atoms with Crippen molar-refractivity contribution in [3.05, 3.63) is 98.7 Å². The predicted octanol–water partition coefficient (Wildman–Crippen LogP) is 8.89. The van der Waals surface area contributed by atoms with E-state index < -0.39 is 5.91 Å². The van der Waals surface area contributed by atoms with Crippen LogP contribution >= 0.6 is 58.6 Å². The van der Waals surface area contributed by atoms with Gasteiger partial charge in [-0.25, -0.2) is 4.98 Å². The van der Waals surface area contributed by atoms with Gasteiger partial charge >= 0.3 is 0 Å². The van der Waals surface area contributed by atoms with Crippen LogP contribution in [0.5, 0.6) is 0 Å². The molecule has 5 rings (SSSR count). The Kier molecular flexibility index (Phi) is 7.74. The molecule has 5 aromatic rings. The molecule has 0 aliphatic carbocycles. The Morgan fingerprint density at radius 1 is 0.868 bits per heavy atom. The Hall–Kier alpha value is -3.33. The molecule has 0 unspecified atom stereocenters. The molecule has 0 aliphatic rings. The molecule has 2 heterocycles. The lowest BCUT2D eigenvalue weighted by molar-refractivity contribution is -0.115. The van der Waals surface area contributed by atoms with Crippen molar-refractivity contribution in [1.29, 1.82) is 0 Å². The van der Waals surface area contributed by atoms with Crippen LogP contribution in [0, 0.1) is 0 Å². The van der Waals surface area contributed by atoms with Gasteiger partial charge in [0.15, 0.2) is 10.7 Å². The Morgan fingerprint density at radius 2 is 1.66 bits per heavy atom. The van der Waals surface area contributed by atoms with Gasteiger partial charge < -0.3 is 14.2 Å². The standard InChI is InChI=1S/C27H15Cl4N3O3S/c28-15-1-5-21(31)20(12-15)26-33-22-13-18(2-6-24(22)37-26)32-27(38)34-25(35)8-4-19-3-7-23(36-19)14-9-16(29)11-17(30)10-14/h1-13H,(H2,32,34,35,38)/b8-4+. The number of furan rings is 1. The van der Waals surface area contributed by atoms with Gasteiger partial charge in [-0.05, 0) is 85.0 Å². The molecule has 6 nitrogen and oxygen atoms in total. The highest BCUT2D eigenvalue weighted by Gasteiger charge is 2.13. The van der Waals surface area contributed by atoms with Crippen molar-refractivity contribution in [1.82, 2.24) is 10.3 Å². The maximum atomic E-state index is 12.4. The molecule has 0 spiro atoms. The first-order valence-corrected chi connectivity index (χ1v) is 12.9. The van der Waals surface area contributed by atoms with E-state index in [1.165, 1.54) is 12.2 Å². The summed E-state index contributed by atoms with van der Waals surface area (Å²) in [5, 5.41) is 7.63. The number of amides is 1. The van der Waals surface area contributed by atoms with Crippen LogP contribution in [-0.4, -0.2) is 16.0 Å². The van der Waals surface area contributed by atoms with E-state index >= 15 is 0 Å². The fourth-order valence-corrected chi connectivity index (χ4v) is 4.66. The van der Waals surface area contributed by atoms with Crippen LogP contribution in [0.3, 0.4) is 0 Å². The number of nitrogens with zero attached hydrogens (tertiary/aromatic N) is 1. The maximum Gasteiger partial charge on any atom is 0.250 e. The fourth-order valence-electron chi connectivity index (χ4n) is 3.55. The molecule has 2 aromatic heterocycles. The van der Waals surface area contributed by atoms with Crippen LogP contribution in [0.2, 0.25) is 20.1 Å². The summed E-state index contributed by atoms with van der Waals surface area (Å²) in [6.45, 7) is 0. The van der Waals surface area contributed by atoms with Gasteiger partial charge in [-0.3, -0.25) is 10.1 Å². The molecule has 190 valence electrons. The second-order valence-electron chi connectivity index (χ2n) is 7.96. The van der Waals surface area contributed by atoms with Gasteiger partial charge in [-0.15, -0.1) is 0 Å². The molecular weight excluding hydrogens is 588 g/mol. The summed E-state index contributed by atoms with van der Waals surface area (Å²) in [6.07, 6.45) is 2.83. The van der Waals surface area contributed by atoms with Crippen molar-refractivity contribution in [2.75, 3.05) is 5.32 Å². The van der Waals surface area contributed by atoms with Crippen LogP contribution in [0.4, 0.5) is 5.69 Å². The predicted molar refractivity (Wildman–Crippen MR) is 157 cm³/mol. The van der Waals surface area contributed by atoms with E-state index in [0.29, 0.717) is 59.9 Å². The normalized spacial score (nSPS) is 11.3. The smallest absolute Gasteiger partial charge is 0.250 e. The highest BCUT2D eigenvalue weighted by Crippen LogP contribution is 2.33. The summed E-state index contributed by atoms with van der Waals surface area (Å²) in [6, 6.07) is 18.9. The third kappa shape index (κ3) is 6.20. The summed E-state index contributed by atoms with van der Waals surface area (Å²) in [5.74, 6) is 0.935. The fraction of sp³-hybridized carbons (Fsp3) is 0. The summed E-state index contributed by atoms with van der Waals surface area (Å²) in [7, 11) is 0. The number of hydrogen-bond acceptors (Lipinski definition) is 5. The number of halogens is 4. The molecule has 0 bridgehead atoms. The Labute approximate surface area is 242 Å². The molecule has 0 radical (unpaired) electrons. The monoisotopic (exact) mass is 601 g/mol. The van der Waals surface area contributed by atoms with Crippen LogP contribution in [-0.2, 0) is 4.79 Å². The summed E-state index contributed by atoms with van der Waals surface area (Å²) < 4.78 is 11.6. The van der Waals surface area contributed by atoms with Gasteiger partial charge in [-0.1, -0.05) is 46.4 Å². The maximum absolute atomic E-state index is 12.4. The molecule has 0 fully saturated rings. The Morgan fingerprint density at radius 3 is 2.45 bits per heavy atom. The van der Waals surface area contributed by atoms with Crippen LogP contribution < -0.4 is 10.6 Å². The summed E-state index contributed by atoms with van der Waals surface area (Å²) in [5.41, 5.74) is 3.05. The van der Waals surface area contributed by atoms with E-state index in [4.69, 9.17) is 67.5 Å². The van der Waals surface area contributed by atoms with Crippen LogP contribution in [0.1, 0.15) is 5.76 Å². The molecule has 3 aromatic carbocycles. The number of fused-ring (bicyclic) bond motifs is 1. The first-order valence-electron chi connectivity index (χ1n) is 11.0. The number of nitrogens with one attached hydrogen (secondary N) is 2. The van der Waals surface area contributed by atoms with Gasteiger partial charge in [0.2, 0.25) is 11.8 Å². The minimum atomic E-state index is -0.438. The molecular formula is C27H15Cl4N3O3S. The molecule has 0 aliphatic heterocycles. The second kappa shape index (κ2) is 11.2. The second-order valence-corrected chi connectivity index (χ2v) is 10.1. The third-order valence-corrected chi connectivity index (χ3v) is 6.42.